The minimum atomic E-state index is -2.79. The Labute approximate surface area is 113 Å². The van der Waals surface area contributed by atoms with Gasteiger partial charge in [0.25, 0.3) is 5.92 Å². The molecule has 0 N–H and O–H groups in total. The number of benzene rings is 1. The first kappa shape index (κ1) is 15.4. The van der Waals surface area contributed by atoms with E-state index in [1.165, 1.54) is 12.1 Å². The maximum absolute atomic E-state index is 13.1. The van der Waals surface area contributed by atoms with Gasteiger partial charge in [-0.1, -0.05) is 24.3 Å². The van der Waals surface area contributed by atoms with E-state index < -0.39 is 5.92 Å². The Kier molecular flexibility index (Phi) is 4.86. The Bertz CT molecular complexity index is 421. The quantitative estimate of drug-likeness (QED) is 0.620. The third-order valence-corrected chi connectivity index (χ3v) is 2.66. The van der Waals surface area contributed by atoms with E-state index in [1.807, 2.05) is 38.0 Å². The van der Waals surface area contributed by atoms with Crippen molar-refractivity contribution in [3.05, 3.63) is 35.4 Å². The van der Waals surface area contributed by atoms with Crippen molar-refractivity contribution < 1.29 is 8.78 Å². The fourth-order valence-corrected chi connectivity index (χ4v) is 1.75. The maximum atomic E-state index is 13.1. The van der Waals surface area contributed by atoms with Gasteiger partial charge in [0.15, 0.2) is 5.96 Å². The molecule has 0 aliphatic rings. The zero-order valence-corrected chi connectivity index (χ0v) is 12.1. The summed E-state index contributed by atoms with van der Waals surface area (Å²) in [5.74, 6) is -1.95. The van der Waals surface area contributed by atoms with Crippen LogP contribution in [0.2, 0.25) is 0 Å². The Hall–Kier alpha value is -1.65. The van der Waals surface area contributed by atoms with Crippen molar-refractivity contribution in [2.24, 2.45) is 4.99 Å². The van der Waals surface area contributed by atoms with Gasteiger partial charge in [0.2, 0.25) is 0 Å². The van der Waals surface area contributed by atoms with Crippen LogP contribution in [0.15, 0.2) is 29.3 Å². The number of guanidine groups is 1. The van der Waals surface area contributed by atoms with Gasteiger partial charge in [0, 0.05) is 40.7 Å². The van der Waals surface area contributed by atoms with Crippen LogP contribution in [0.25, 0.3) is 0 Å². The lowest BCUT2D eigenvalue weighted by molar-refractivity contribution is 0.0174. The summed E-state index contributed by atoms with van der Waals surface area (Å²) < 4.78 is 26.1. The first-order valence-corrected chi connectivity index (χ1v) is 6.08. The van der Waals surface area contributed by atoms with Crippen LogP contribution in [-0.2, 0) is 12.5 Å². The molecule has 0 aromatic heterocycles. The first-order chi connectivity index (χ1) is 8.71. The van der Waals surface area contributed by atoms with Crippen LogP contribution < -0.4 is 0 Å². The molecule has 0 radical (unpaired) electrons. The second-order valence-corrected chi connectivity index (χ2v) is 4.99. The van der Waals surface area contributed by atoms with Crippen molar-refractivity contribution in [3.63, 3.8) is 0 Å². The van der Waals surface area contributed by atoms with Crippen LogP contribution >= 0.6 is 0 Å². The molecule has 0 spiro atoms. The molecule has 0 aliphatic heterocycles. The van der Waals surface area contributed by atoms with Crippen molar-refractivity contribution in [2.75, 3.05) is 28.2 Å². The number of nitrogens with zero attached hydrogens (tertiary/aromatic N) is 3. The average molecular weight is 269 g/mol. The molecule has 5 heteroatoms. The lowest BCUT2D eigenvalue weighted by Crippen LogP contribution is -2.35. The molecule has 0 atom stereocenters. The molecule has 106 valence electrons. The lowest BCUT2D eigenvalue weighted by Gasteiger charge is -2.22. The van der Waals surface area contributed by atoms with E-state index in [0.29, 0.717) is 6.54 Å². The second kappa shape index (κ2) is 5.99. The summed E-state index contributed by atoms with van der Waals surface area (Å²) in [7, 11) is 7.66. The van der Waals surface area contributed by atoms with Crippen molar-refractivity contribution in [1.29, 1.82) is 0 Å². The smallest absolute Gasteiger partial charge is 0.270 e. The molecular formula is C14H21F2N3. The molecule has 0 saturated carbocycles. The van der Waals surface area contributed by atoms with E-state index >= 15 is 0 Å². The van der Waals surface area contributed by atoms with Gasteiger partial charge in [-0.15, -0.1) is 0 Å². The van der Waals surface area contributed by atoms with Gasteiger partial charge in [-0.3, -0.25) is 0 Å². The summed E-state index contributed by atoms with van der Waals surface area (Å²) in [5, 5.41) is 0. The number of hydrogen-bond acceptors (Lipinski definition) is 1. The van der Waals surface area contributed by atoms with Crippen LogP contribution in [-0.4, -0.2) is 44.0 Å². The fraction of sp³-hybridized carbons (Fsp3) is 0.500. The van der Waals surface area contributed by atoms with E-state index in [4.69, 9.17) is 0 Å². The van der Waals surface area contributed by atoms with Crippen molar-refractivity contribution >= 4 is 5.96 Å². The van der Waals surface area contributed by atoms with Gasteiger partial charge in [0.1, 0.15) is 0 Å². The molecule has 0 saturated heterocycles. The highest BCUT2D eigenvalue weighted by Crippen LogP contribution is 2.26. The van der Waals surface area contributed by atoms with E-state index in [-0.39, 0.29) is 5.56 Å². The van der Waals surface area contributed by atoms with E-state index in [0.717, 1.165) is 18.4 Å². The topological polar surface area (TPSA) is 18.8 Å². The maximum Gasteiger partial charge on any atom is 0.270 e. The summed E-state index contributed by atoms with van der Waals surface area (Å²) in [4.78, 5) is 8.29. The Morgan fingerprint density at radius 3 is 1.89 bits per heavy atom. The van der Waals surface area contributed by atoms with Crippen LogP contribution in [0.5, 0.6) is 0 Å². The predicted octanol–water partition coefficient (Wildman–Crippen LogP) is 2.78. The molecule has 0 aliphatic carbocycles. The van der Waals surface area contributed by atoms with Gasteiger partial charge in [-0.05, 0) is 5.56 Å². The zero-order valence-electron chi connectivity index (χ0n) is 12.1. The first-order valence-electron chi connectivity index (χ1n) is 6.08. The summed E-state index contributed by atoms with van der Waals surface area (Å²) in [5.41, 5.74) is 0.940. The van der Waals surface area contributed by atoms with Crippen LogP contribution in [0, 0.1) is 0 Å². The molecule has 0 heterocycles. The monoisotopic (exact) mass is 269 g/mol. The van der Waals surface area contributed by atoms with Crippen LogP contribution in [0.3, 0.4) is 0 Å². The number of alkyl halides is 2. The number of hydrogen-bond donors (Lipinski definition) is 0. The number of rotatable bonds is 3. The van der Waals surface area contributed by atoms with Crippen molar-refractivity contribution in [2.45, 2.75) is 19.4 Å². The van der Waals surface area contributed by atoms with Gasteiger partial charge < -0.3 is 9.80 Å². The average Bonchev–Trinajstić information content (AvgIpc) is 2.27. The van der Waals surface area contributed by atoms with Gasteiger partial charge in [0.05, 0.1) is 6.54 Å². The third-order valence-electron chi connectivity index (χ3n) is 2.66. The summed E-state index contributed by atoms with van der Waals surface area (Å²) in [6.45, 7) is 1.37. The second-order valence-electron chi connectivity index (χ2n) is 4.99. The minimum Gasteiger partial charge on any atom is -0.349 e. The van der Waals surface area contributed by atoms with E-state index in [2.05, 4.69) is 4.99 Å². The minimum absolute atomic E-state index is 0.0284. The summed E-state index contributed by atoms with van der Waals surface area (Å²) in [6.07, 6.45) is 0. The highest BCUT2D eigenvalue weighted by atomic mass is 19.3. The molecular weight excluding hydrogens is 248 g/mol. The van der Waals surface area contributed by atoms with Crippen LogP contribution in [0.1, 0.15) is 18.1 Å². The molecule has 0 amide bonds. The number of aliphatic imine (C=N–C) groups is 1. The summed E-state index contributed by atoms with van der Waals surface area (Å²) >= 11 is 0. The Morgan fingerprint density at radius 1 is 1.05 bits per heavy atom. The highest BCUT2D eigenvalue weighted by molar-refractivity contribution is 5.79. The molecule has 0 fully saturated rings. The SMILES string of the molecule is CN(C)C(=NCc1ccc(C(C)(F)F)cc1)N(C)C. The molecule has 3 nitrogen and oxygen atoms in total. The molecule has 19 heavy (non-hydrogen) atoms. The normalized spacial score (nSPS) is 11.1. The summed E-state index contributed by atoms with van der Waals surface area (Å²) in [6, 6.07) is 6.30. The van der Waals surface area contributed by atoms with Gasteiger partial charge >= 0.3 is 0 Å². The fourth-order valence-electron chi connectivity index (χ4n) is 1.75. The molecule has 0 bridgehead atoms. The predicted molar refractivity (Wildman–Crippen MR) is 74.5 cm³/mol. The number of halogens is 2. The Balaban J connectivity index is 2.81. The standard InChI is InChI=1S/C14H21F2N3/c1-14(15,16)12-8-6-11(7-9-12)10-17-13(18(2)3)19(4)5/h6-9H,10H2,1-5H3. The largest absolute Gasteiger partial charge is 0.349 e. The molecule has 1 aromatic rings. The van der Waals surface area contributed by atoms with Gasteiger partial charge in [-0.2, -0.15) is 0 Å². The van der Waals surface area contributed by atoms with Crippen molar-refractivity contribution in [3.8, 4) is 0 Å². The molecule has 1 aromatic carbocycles. The lowest BCUT2D eigenvalue weighted by atomic mass is 10.1. The van der Waals surface area contributed by atoms with E-state index in [1.54, 1.807) is 12.1 Å². The molecule has 1 rings (SSSR count). The Morgan fingerprint density at radius 2 is 1.53 bits per heavy atom. The van der Waals surface area contributed by atoms with Crippen molar-refractivity contribution in [1.82, 2.24) is 9.80 Å². The van der Waals surface area contributed by atoms with Crippen LogP contribution in [0.4, 0.5) is 8.78 Å². The van der Waals surface area contributed by atoms with Gasteiger partial charge in [-0.25, -0.2) is 13.8 Å². The molecule has 0 unspecified atom stereocenters. The zero-order chi connectivity index (χ0) is 14.6. The highest BCUT2D eigenvalue weighted by Gasteiger charge is 2.23. The van der Waals surface area contributed by atoms with E-state index in [9.17, 15) is 8.78 Å². The third kappa shape index (κ3) is 4.50.